The molecule has 1 aromatic carbocycles. The first-order valence-electron chi connectivity index (χ1n) is 6.69. The van der Waals surface area contributed by atoms with Crippen LogP contribution in [0, 0.1) is 25.2 Å². The molecule has 5 nitrogen and oxygen atoms in total. The molecule has 1 spiro atoms. The predicted molar refractivity (Wildman–Crippen MR) is 72.1 cm³/mol. The molecule has 0 bridgehead atoms. The van der Waals surface area contributed by atoms with Crippen molar-refractivity contribution in [3.63, 3.8) is 0 Å². The zero-order chi connectivity index (χ0) is 14.3. The average Bonchev–Trinajstić information content (AvgIpc) is 2.68. The van der Waals surface area contributed by atoms with E-state index in [4.69, 9.17) is 14.7 Å². The smallest absolute Gasteiger partial charge is 0.293 e. The molecule has 1 amide bonds. The number of hydrogen-bond acceptors (Lipinski definition) is 4. The molecule has 2 aliphatic heterocycles. The third-order valence-corrected chi connectivity index (χ3v) is 3.98. The van der Waals surface area contributed by atoms with Crippen molar-refractivity contribution in [2.24, 2.45) is 0 Å². The number of nitrogens with zero attached hydrogens (tertiary/aromatic N) is 2. The van der Waals surface area contributed by atoms with E-state index in [9.17, 15) is 4.79 Å². The quantitative estimate of drug-likeness (QED) is 0.731. The number of benzene rings is 1. The number of amides is 1. The van der Waals surface area contributed by atoms with Gasteiger partial charge < -0.3 is 9.47 Å². The molecule has 2 aliphatic rings. The maximum absolute atomic E-state index is 12.7. The SMILES string of the molecule is Cc1ccc2c(c1C)N(CC#N)C(=O)C21OCCCO1. The highest BCUT2D eigenvalue weighted by molar-refractivity contribution is 6.07. The minimum atomic E-state index is -1.34. The van der Waals surface area contributed by atoms with Crippen molar-refractivity contribution in [3.05, 3.63) is 28.8 Å². The Kier molecular flexibility index (Phi) is 3.00. The second kappa shape index (κ2) is 4.58. The van der Waals surface area contributed by atoms with E-state index in [-0.39, 0.29) is 12.5 Å². The minimum Gasteiger partial charge on any atom is -0.338 e. The van der Waals surface area contributed by atoms with Crippen molar-refractivity contribution in [3.8, 4) is 6.07 Å². The van der Waals surface area contributed by atoms with Crippen LogP contribution in [0.2, 0.25) is 0 Å². The number of hydrogen-bond donors (Lipinski definition) is 0. The van der Waals surface area contributed by atoms with Crippen LogP contribution in [-0.4, -0.2) is 25.7 Å². The molecule has 104 valence electrons. The Bertz CT molecular complexity index is 612. The Labute approximate surface area is 117 Å². The number of carbonyl (C=O) groups is 1. The van der Waals surface area contributed by atoms with Crippen LogP contribution < -0.4 is 4.90 Å². The van der Waals surface area contributed by atoms with Crippen molar-refractivity contribution < 1.29 is 14.3 Å². The highest BCUT2D eigenvalue weighted by Gasteiger charge is 2.55. The number of ether oxygens (including phenoxy) is 2. The van der Waals surface area contributed by atoms with Crippen molar-refractivity contribution in [2.45, 2.75) is 26.1 Å². The van der Waals surface area contributed by atoms with E-state index in [1.54, 1.807) is 0 Å². The van der Waals surface area contributed by atoms with Gasteiger partial charge in [-0.15, -0.1) is 0 Å². The summed E-state index contributed by atoms with van der Waals surface area (Å²) in [6, 6.07) is 5.88. The van der Waals surface area contributed by atoms with E-state index in [1.165, 1.54) is 4.90 Å². The normalized spacial score (nSPS) is 20.1. The van der Waals surface area contributed by atoms with Gasteiger partial charge in [0.25, 0.3) is 11.7 Å². The van der Waals surface area contributed by atoms with Crippen LogP contribution in [0.4, 0.5) is 5.69 Å². The summed E-state index contributed by atoms with van der Waals surface area (Å²) in [7, 11) is 0. The molecule has 2 heterocycles. The minimum absolute atomic E-state index is 0.00456. The van der Waals surface area contributed by atoms with Gasteiger partial charge in [0.15, 0.2) is 0 Å². The summed E-state index contributed by atoms with van der Waals surface area (Å²) in [4.78, 5) is 14.2. The molecule has 3 rings (SSSR count). The fourth-order valence-electron chi connectivity index (χ4n) is 2.84. The van der Waals surface area contributed by atoms with Crippen LogP contribution in [0.25, 0.3) is 0 Å². The second-order valence-electron chi connectivity index (χ2n) is 5.12. The maximum Gasteiger partial charge on any atom is 0.293 e. The lowest BCUT2D eigenvalue weighted by molar-refractivity contribution is -0.256. The summed E-state index contributed by atoms with van der Waals surface area (Å²) in [5.74, 6) is -1.63. The monoisotopic (exact) mass is 272 g/mol. The van der Waals surface area contributed by atoms with Crippen molar-refractivity contribution in [1.29, 1.82) is 5.26 Å². The Morgan fingerprint density at radius 1 is 1.35 bits per heavy atom. The number of aryl methyl sites for hydroxylation is 1. The molecule has 0 unspecified atom stereocenters. The van der Waals surface area contributed by atoms with Crippen molar-refractivity contribution >= 4 is 11.6 Å². The molecule has 0 aliphatic carbocycles. The Morgan fingerprint density at radius 3 is 2.70 bits per heavy atom. The largest absolute Gasteiger partial charge is 0.338 e. The summed E-state index contributed by atoms with van der Waals surface area (Å²) < 4.78 is 11.4. The Balaban J connectivity index is 2.21. The van der Waals surface area contributed by atoms with E-state index in [0.717, 1.165) is 28.8 Å². The van der Waals surface area contributed by atoms with Gasteiger partial charge in [0, 0.05) is 5.56 Å². The highest BCUT2D eigenvalue weighted by atomic mass is 16.7. The summed E-state index contributed by atoms with van der Waals surface area (Å²) in [5, 5.41) is 8.99. The molecule has 1 saturated heterocycles. The molecule has 0 radical (unpaired) electrons. The third kappa shape index (κ3) is 1.59. The van der Waals surface area contributed by atoms with Crippen LogP contribution in [0.15, 0.2) is 12.1 Å². The number of fused-ring (bicyclic) bond motifs is 2. The molecule has 0 saturated carbocycles. The fraction of sp³-hybridized carbons (Fsp3) is 0.467. The van der Waals surface area contributed by atoms with Gasteiger partial charge in [-0.05, 0) is 31.4 Å². The molecule has 0 N–H and O–H groups in total. The first-order valence-corrected chi connectivity index (χ1v) is 6.69. The van der Waals surface area contributed by atoms with Gasteiger partial charge in [-0.25, -0.2) is 0 Å². The lowest BCUT2D eigenvalue weighted by atomic mass is 9.99. The van der Waals surface area contributed by atoms with Gasteiger partial charge >= 0.3 is 0 Å². The van der Waals surface area contributed by atoms with Crippen LogP contribution in [0.3, 0.4) is 0 Å². The van der Waals surface area contributed by atoms with Gasteiger partial charge in [0.2, 0.25) is 0 Å². The average molecular weight is 272 g/mol. The summed E-state index contributed by atoms with van der Waals surface area (Å²) in [6.07, 6.45) is 0.771. The van der Waals surface area contributed by atoms with Crippen LogP contribution in [0.1, 0.15) is 23.1 Å². The molecule has 20 heavy (non-hydrogen) atoms. The molecule has 0 aromatic heterocycles. The van der Waals surface area contributed by atoms with E-state index >= 15 is 0 Å². The lowest BCUT2D eigenvalue weighted by Crippen LogP contribution is -2.47. The predicted octanol–water partition coefficient (Wildman–Crippen LogP) is 1.76. The van der Waals surface area contributed by atoms with Gasteiger partial charge in [-0.3, -0.25) is 9.69 Å². The standard InChI is InChI=1S/C15H16N2O3/c1-10-4-5-12-13(11(10)2)17(7-6-16)14(18)15(12)19-8-3-9-20-15/h4-5H,3,7-9H2,1-2H3. The summed E-state index contributed by atoms with van der Waals surface area (Å²) in [5.41, 5.74) is 3.55. The van der Waals surface area contributed by atoms with Gasteiger partial charge in [-0.1, -0.05) is 12.1 Å². The van der Waals surface area contributed by atoms with E-state index < -0.39 is 5.79 Å². The lowest BCUT2D eigenvalue weighted by Gasteiger charge is -2.32. The zero-order valence-electron chi connectivity index (χ0n) is 11.6. The maximum atomic E-state index is 12.7. The fourth-order valence-corrected chi connectivity index (χ4v) is 2.84. The first-order chi connectivity index (χ1) is 9.62. The molecule has 1 fully saturated rings. The van der Waals surface area contributed by atoms with Crippen molar-refractivity contribution in [1.82, 2.24) is 0 Å². The van der Waals surface area contributed by atoms with Crippen LogP contribution >= 0.6 is 0 Å². The summed E-state index contributed by atoms with van der Waals surface area (Å²) in [6.45, 7) is 4.91. The van der Waals surface area contributed by atoms with E-state index in [2.05, 4.69) is 0 Å². The summed E-state index contributed by atoms with van der Waals surface area (Å²) >= 11 is 0. The zero-order valence-corrected chi connectivity index (χ0v) is 11.6. The first kappa shape index (κ1) is 13.1. The number of nitriles is 1. The van der Waals surface area contributed by atoms with Gasteiger partial charge in [0.1, 0.15) is 6.54 Å². The van der Waals surface area contributed by atoms with E-state index in [1.807, 2.05) is 32.0 Å². The third-order valence-electron chi connectivity index (χ3n) is 3.98. The number of carbonyl (C=O) groups excluding carboxylic acids is 1. The molecular weight excluding hydrogens is 256 g/mol. The second-order valence-corrected chi connectivity index (χ2v) is 5.12. The number of anilines is 1. The van der Waals surface area contributed by atoms with Gasteiger partial charge in [0.05, 0.1) is 25.0 Å². The molecular formula is C15H16N2O3. The molecule has 5 heteroatoms. The van der Waals surface area contributed by atoms with Gasteiger partial charge in [-0.2, -0.15) is 5.26 Å². The Morgan fingerprint density at radius 2 is 2.05 bits per heavy atom. The topological polar surface area (TPSA) is 62.6 Å². The number of rotatable bonds is 1. The Hall–Kier alpha value is -1.90. The molecule has 0 atom stereocenters. The van der Waals surface area contributed by atoms with Crippen molar-refractivity contribution in [2.75, 3.05) is 24.7 Å². The molecule has 1 aromatic rings. The van der Waals surface area contributed by atoms with E-state index in [0.29, 0.717) is 13.2 Å². The highest BCUT2D eigenvalue weighted by Crippen LogP contribution is 2.47. The van der Waals surface area contributed by atoms with Crippen LogP contribution in [-0.2, 0) is 20.1 Å². The van der Waals surface area contributed by atoms with Crippen LogP contribution in [0.5, 0.6) is 0 Å².